The van der Waals surface area contributed by atoms with Crippen LogP contribution in [0.5, 0.6) is 0 Å². The van der Waals surface area contributed by atoms with Gasteiger partial charge in [-0.15, -0.1) is 0 Å². The Hall–Kier alpha value is -0.780. The molecule has 0 heterocycles. The van der Waals surface area contributed by atoms with E-state index >= 15 is 0 Å². The van der Waals surface area contributed by atoms with Crippen LogP contribution < -0.4 is 0 Å². The summed E-state index contributed by atoms with van der Waals surface area (Å²) in [7, 11) is 0. The first-order chi connectivity index (χ1) is 15.7. The van der Waals surface area contributed by atoms with E-state index in [0.29, 0.717) is 17.3 Å². The van der Waals surface area contributed by atoms with Crippen LogP contribution in [0.1, 0.15) is 128 Å². The molecule has 1 aliphatic carbocycles. The van der Waals surface area contributed by atoms with Gasteiger partial charge in [-0.25, -0.2) is 0 Å². The molecule has 0 aliphatic heterocycles. The van der Waals surface area contributed by atoms with Crippen LogP contribution >= 0.6 is 0 Å². The molecule has 0 saturated heterocycles. The van der Waals surface area contributed by atoms with Crippen molar-refractivity contribution in [3.63, 3.8) is 0 Å². The Morgan fingerprint density at radius 3 is 2.12 bits per heavy atom. The lowest BCUT2D eigenvalue weighted by Crippen LogP contribution is -2.36. The monoisotopic (exact) mass is 470 g/mol. The molecule has 0 bridgehead atoms. The molecule has 5 unspecified atom stereocenters. The Morgan fingerprint density at radius 1 is 0.941 bits per heavy atom. The number of allylic oxidation sites excluding steroid dienone is 5. The third-order valence-electron chi connectivity index (χ3n) is 10.1. The van der Waals surface area contributed by atoms with Gasteiger partial charge in [0.15, 0.2) is 0 Å². The van der Waals surface area contributed by atoms with E-state index in [2.05, 4.69) is 107 Å². The summed E-state index contributed by atoms with van der Waals surface area (Å²) in [5, 5.41) is 0. The molecule has 1 fully saturated rings. The summed E-state index contributed by atoms with van der Waals surface area (Å²) in [6, 6.07) is 0. The molecule has 0 N–H and O–H groups in total. The van der Waals surface area contributed by atoms with Gasteiger partial charge in [-0.2, -0.15) is 0 Å². The Balaban J connectivity index is 2.64. The van der Waals surface area contributed by atoms with Gasteiger partial charge in [0.2, 0.25) is 0 Å². The van der Waals surface area contributed by atoms with Crippen LogP contribution in [0.4, 0.5) is 0 Å². The molecule has 0 aromatic carbocycles. The number of rotatable bonds is 14. The van der Waals surface area contributed by atoms with Crippen LogP contribution in [-0.4, -0.2) is 0 Å². The minimum atomic E-state index is 0.171. The van der Waals surface area contributed by atoms with Gasteiger partial charge in [0.05, 0.1) is 0 Å². The normalized spacial score (nSPS) is 26.6. The van der Waals surface area contributed by atoms with Gasteiger partial charge in [-0.1, -0.05) is 119 Å². The topological polar surface area (TPSA) is 0 Å². The summed E-state index contributed by atoms with van der Waals surface area (Å²) < 4.78 is 0. The van der Waals surface area contributed by atoms with E-state index < -0.39 is 0 Å². The maximum Gasteiger partial charge on any atom is 0.00327 e. The van der Waals surface area contributed by atoms with Crippen LogP contribution in [0.3, 0.4) is 0 Å². The zero-order valence-electron chi connectivity index (χ0n) is 25.2. The fourth-order valence-electron chi connectivity index (χ4n) is 5.87. The first kappa shape index (κ1) is 31.3. The van der Waals surface area contributed by atoms with Gasteiger partial charge in [0, 0.05) is 5.41 Å². The van der Waals surface area contributed by atoms with E-state index in [1.807, 2.05) is 0 Å². The molecule has 7 atom stereocenters. The quantitative estimate of drug-likeness (QED) is 0.221. The summed E-state index contributed by atoms with van der Waals surface area (Å²) in [4.78, 5) is 0. The largest absolute Gasteiger partial charge is 0.0996 e. The molecule has 34 heavy (non-hydrogen) atoms. The van der Waals surface area contributed by atoms with Crippen molar-refractivity contribution in [1.29, 1.82) is 0 Å². The Kier molecular flexibility index (Phi) is 12.9. The van der Waals surface area contributed by atoms with E-state index in [-0.39, 0.29) is 5.41 Å². The summed E-state index contributed by atoms with van der Waals surface area (Å²) >= 11 is 0. The number of hydrogen-bond acceptors (Lipinski definition) is 0. The maximum absolute atomic E-state index is 4.47. The highest BCUT2D eigenvalue weighted by Crippen LogP contribution is 2.49. The summed E-state index contributed by atoms with van der Waals surface area (Å²) in [5.41, 5.74) is 2.06. The van der Waals surface area contributed by atoms with Gasteiger partial charge in [0.25, 0.3) is 0 Å². The molecule has 0 amide bonds. The third-order valence-corrected chi connectivity index (χ3v) is 10.1. The Morgan fingerprint density at radius 2 is 1.53 bits per heavy atom. The predicted molar refractivity (Wildman–Crippen MR) is 156 cm³/mol. The van der Waals surface area contributed by atoms with E-state index in [9.17, 15) is 0 Å². The first-order valence-electron chi connectivity index (χ1n) is 14.7. The Bertz CT molecular complexity index is 647. The van der Waals surface area contributed by atoms with E-state index in [0.717, 1.165) is 29.6 Å². The second kappa shape index (κ2) is 14.1. The van der Waals surface area contributed by atoms with Crippen molar-refractivity contribution in [2.45, 2.75) is 128 Å². The molecular weight excluding hydrogens is 408 g/mol. The molecule has 1 aliphatic rings. The van der Waals surface area contributed by atoms with E-state index in [1.165, 1.54) is 56.9 Å². The molecule has 1 rings (SSSR count). The van der Waals surface area contributed by atoms with Crippen molar-refractivity contribution >= 4 is 0 Å². The molecule has 1 saturated carbocycles. The maximum atomic E-state index is 4.47. The fourth-order valence-corrected chi connectivity index (χ4v) is 5.87. The zero-order chi connectivity index (χ0) is 26.1. The van der Waals surface area contributed by atoms with E-state index in [1.54, 1.807) is 0 Å². The first-order valence-corrected chi connectivity index (χ1v) is 14.7. The van der Waals surface area contributed by atoms with Crippen LogP contribution in [-0.2, 0) is 0 Å². The summed E-state index contributed by atoms with van der Waals surface area (Å²) in [6.45, 7) is 31.0. The van der Waals surface area contributed by atoms with Crippen LogP contribution in [0, 0.1) is 52.3 Å². The lowest BCUT2D eigenvalue weighted by molar-refractivity contribution is 0.103. The highest BCUT2D eigenvalue weighted by molar-refractivity contribution is 5.12. The molecule has 0 radical (unpaired) electrons. The second-order valence-electron chi connectivity index (χ2n) is 13.7. The highest BCUT2D eigenvalue weighted by Gasteiger charge is 2.39. The van der Waals surface area contributed by atoms with Crippen molar-refractivity contribution in [3.8, 4) is 0 Å². The van der Waals surface area contributed by atoms with Crippen LogP contribution in [0.15, 0.2) is 36.5 Å². The standard InChI is InChI=1S/C34H62/c1-13-22-34(12,24-21-29(7)28(6)16-15-27(5)25(2)3)23-20-26(4)14-19-32-30(8)17-18-31(9)33(32,10)11/h13,20,22-23,25-29,31-32H,8,14-19,21,24H2,1-7,9-12H3/b22-13+,23-20+/t26?,27?,28?,29?,31-,32+,34?/m1/s1. The third kappa shape index (κ3) is 9.70. The zero-order valence-corrected chi connectivity index (χ0v) is 25.2. The molecule has 0 aromatic rings. The molecule has 198 valence electrons. The highest BCUT2D eigenvalue weighted by atomic mass is 14.4. The lowest BCUT2D eigenvalue weighted by atomic mass is 9.60. The molecule has 0 nitrogen and oxygen atoms in total. The molecule has 0 aromatic heterocycles. The van der Waals surface area contributed by atoms with Crippen molar-refractivity contribution in [3.05, 3.63) is 36.5 Å². The average Bonchev–Trinajstić information content (AvgIpc) is 2.76. The van der Waals surface area contributed by atoms with Crippen LogP contribution in [0.2, 0.25) is 0 Å². The minimum Gasteiger partial charge on any atom is -0.0996 e. The van der Waals surface area contributed by atoms with Crippen molar-refractivity contribution < 1.29 is 0 Å². The predicted octanol–water partition coefficient (Wildman–Crippen LogP) is 11.3. The van der Waals surface area contributed by atoms with Gasteiger partial charge >= 0.3 is 0 Å². The SMILES string of the molecule is C=C1CC[C@@H](C)C(C)(C)[C@H]1CCC(C)/C=C/C(C)(/C=C/C)CCC(C)C(C)CCC(C)C(C)C. The summed E-state index contributed by atoms with van der Waals surface area (Å²) in [5.74, 6) is 5.34. The molecule has 0 heteroatoms. The van der Waals surface area contributed by atoms with E-state index in [4.69, 9.17) is 0 Å². The van der Waals surface area contributed by atoms with Crippen molar-refractivity contribution in [2.75, 3.05) is 0 Å². The van der Waals surface area contributed by atoms with Crippen molar-refractivity contribution in [2.24, 2.45) is 52.3 Å². The number of hydrogen-bond donors (Lipinski definition) is 0. The fraction of sp³-hybridized carbons (Fsp3) is 0.824. The molecular formula is C34H62. The summed E-state index contributed by atoms with van der Waals surface area (Å²) in [6.07, 6.45) is 20.1. The van der Waals surface area contributed by atoms with Gasteiger partial charge in [-0.3, -0.25) is 0 Å². The minimum absolute atomic E-state index is 0.171. The van der Waals surface area contributed by atoms with Gasteiger partial charge in [0.1, 0.15) is 0 Å². The van der Waals surface area contributed by atoms with Crippen LogP contribution in [0.25, 0.3) is 0 Å². The van der Waals surface area contributed by atoms with Crippen molar-refractivity contribution in [1.82, 2.24) is 0 Å². The average molecular weight is 471 g/mol. The van der Waals surface area contributed by atoms with Gasteiger partial charge in [-0.05, 0) is 92.3 Å². The second-order valence-corrected chi connectivity index (χ2v) is 13.7. The lowest BCUT2D eigenvalue weighted by Gasteiger charge is -2.45. The van der Waals surface area contributed by atoms with Gasteiger partial charge < -0.3 is 0 Å². The molecule has 0 spiro atoms. The Labute approximate surface area is 216 Å². The smallest absolute Gasteiger partial charge is 0.00327 e.